The number of amides is 1. The lowest BCUT2D eigenvalue weighted by molar-refractivity contribution is 0.0355. The summed E-state index contributed by atoms with van der Waals surface area (Å²) in [5, 5.41) is 4.53. The minimum absolute atomic E-state index is 0.0523. The maximum Gasteiger partial charge on any atom is 0.274 e. The standard InChI is InChI=1S/C23H27N5O2/c29-23(22-9-14-28(25-22)21-5-2-1-3-6-21)27(19-20-7-10-24-11-8-20)13-4-12-26-15-17-30-18-16-26/h1-3,5-11,14H,4,12-13,15-19H2. The summed E-state index contributed by atoms with van der Waals surface area (Å²) in [5.74, 6) is -0.0523. The highest BCUT2D eigenvalue weighted by molar-refractivity contribution is 5.92. The molecular formula is C23H27N5O2. The first-order chi connectivity index (χ1) is 14.8. The number of carbonyl (C=O) groups excluding carboxylic acids is 1. The predicted octanol–water partition coefficient (Wildman–Crippen LogP) is 2.63. The van der Waals surface area contributed by atoms with Gasteiger partial charge in [0.25, 0.3) is 5.91 Å². The molecular weight excluding hydrogens is 378 g/mol. The van der Waals surface area contributed by atoms with E-state index in [4.69, 9.17) is 4.74 Å². The van der Waals surface area contributed by atoms with Crippen molar-refractivity contribution in [2.45, 2.75) is 13.0 Å². The summed E-state index contributed by atoms with van der Waals surface area (Å²) in [4.78, 5) is 21.6. The van der Waals surface area contributed by atoms with E-state index in [-0.39, 0.29) is 5.91 Å². The van der Waals surface area contributed by atoms with Crippen molar-refractivity contribution in [3.05, 3.63) is 78.4 Å². The van der Waals surface area contributed by atoms with Gasteiger partial charge in [-0.1, -0.05) is 18.2 Å². The van der Waals surface area contributed by atoms with Crippen LogP contribution in [-0.2, 0) is 11.3 Å². The second kappa shape index (κ2) is 10.1. The molecule has 0 saturated carbocycles. The smallest absolute Gasteiger partial charge is 0.274 e. The number of nitrogens with zero attached hydrogens (tertiary/aromatic N) is 5. The fraction of sp³-hybridized carbons (Fsp3) is 0.348. The Morgan fingerprint density at radius 1 is 1.03 bits per heavy atom. The fourth-order valence-corrected chi connectivity index (χ4v) is 3.60. The van der Waals surface area contributed by atoms with Gasteiger partial charge in [0.05, 0.1) is 18.9 Å². The molecule has 0 aliphatic carbocycles. The highest BCUT2D eigenvalue weighted by Gasteiger charge is 2.20. The first-order valence-corrected chi connectivity index (χ1v) is 10.4. The van der Waals surface area contributed by atoms with Gasteiger partial charge in [-0.2, -0.15) is 5.10 Å². The van der Waals surface area contributed by atoms with Crippen LogP contribution in [-0.4, -0.2) is 69.9 Å². The molecule has 1 amide bonds. The van der Waals surface area contributed by atoms with E-state index in [1.54, 1.807) is 23.1 Å². The Morgan fingerprint density at radius 3 is 2.57 bits per heavy atom. The van der Waals surface area contributed by atoms with Crippen molar-refractivity contribution in [1.82, 2.24) is 24.6 Å². The Labute approximate surface area is 176 Å². The van der Waals surface area contributed by atoms with Crippen molar-refractivity contribution < 1.29 is 9.53 Å². The lowest BCUT2D eigenvalue weighted by Gasteiger charge is -2.28. The number of hydrogen-bond donors (Lipinski definition) is 0. The van der Waals surface area contributed by atoms with Crippen LogP contribution in [0.25, 0.3) is 5.69 Å². The van der Waals surface area contributed by atoms with Crippen LogP contribution in [0.5, 0.6) is 0 Å². The molecule has 0 spiro atoms. The zero-order chi connectivity index (χ0) is 20.6. The van der Waals surface area contributed by atoms with Gasteiger partial charge in [0, 0.05) is 51.3 Å². The van der Waals surface area contributed by atoms with Gasteiger partial charge in [-0.3, -0.25) is 14.7 Å². The Hall–Kier alpha value is -3.03. The molecule has 1 aliphatic rings. The monoisotopic (exact) mass is 405 g/mol. The Balaban J connectivity index is 1.45. The van der Waals surface area contributed by atoms with E-state index in [9.17, 15) is 4.79 Å². The van der Waals surface area contributed by atoms with E-state index in [2.05, 4.69) is 15.0 Å². The molecule has 7 heteroatoms. The summed E-state index contributed by atoms with van der Waals surface area (Å²) in [6.07, 6.45) is 6.27. The number of hydrogen-bond acceptors (Lipinski definition) is 5. The molecule has 3 heterocycles. The van der Waals surface area contributed by atoms with Gasteiger partial charge in [0.15, 0.2) is 5.69 Å². The van der Waals surface area contributed by atoms with Crippen LogP contribution in [0.1, 0.15) is 22.5 Å². The summed E-state index contributed by atoms with van der Waals surface area (Å²) in [7, 11) is 0. The summed E-state index contributed by atoms with van der Waals surface area (Å²) in [5.41, 5.74) is 2.45. The van der Waals surface area contributed by atoms with Gasteiger partial charge in [0.1, 0.15) is 0 Å². The van der Waals surface area contributed by atoms with Gasteiger partial charge >= 0.3 is 0 Å². The summed E-state index contributed by atoms with van der Waals surface area (Å²) in [6, 6.07) is 15.5. The molecule has 0 atom stereocenters. The summed E-state index contributed by atoms with van der Waals surface area (Å²) < 4.78 is 7.16. The van der Waals surface area contributed by atoms with E-state index in [0.717, 1.165) is 50.5 Å². The lowest BCUT2D eigenvalue weighted by atomic mass is 10.2. The highest BCUT2D eigenvalue weighted by atomic mass is 16.5. The normalized spacial score (nSPS) is 14.5. The van der Waals surface area contributed by atoms with Crippen LogP contribution >= 0.6 is 0 Å². The number of benzene rings is 1. The van der Waals surface area contributed by atoms with E-state index in [0.29, 0.717) is 18.8 Å². The molecule has 30 heavy (non-hydrogen) atoms. The van der Waals surface area contributed by atoms with Crippen molar-refractivity contribution in [3.8, 4) is 5.69 Å². The molecule has 0 radical (unpaired) electrons. The number of ether oxygens (including phenoxy) is 1. The van der Waals surface area contributed by atoms with Crippen LogP contribution in [0, 0.1) is 0 Å². The molecule has 2 aromatic heterocycles. The number of rotatable bonds is 8. The topological polar surface area (TPSA) is 63.5 Å². The lowest BCUT2D eigenvalue weighted by Crippen LogP contribution is -2.39. The molecule has 1 aromatic carbocycles. The molecule has 156 valence electrons. The van der Waals surface area contributed by atoms with Gasteiger partial charge in [-0.25, -0.2) is 4.68 Å². The molecule has 3 aromatic rings. The van der Waals surface area contributed by atoms with Crippen LogP contribution in [0.4, 0.5) is 0 Å². The number of para-hydroxylation sites is 1. The largest absolute Gasteiger partial charge is 0.379 e. The third kappa shape index (κ3) is 5.31. The molecule has 0 bridgehead atoms. The molecule has 7 nitrogen and oxygen atoms in total. The average Bonchev–Trinajstić information content (AvgIpc) is 3.30. The third-order valence-corrected chi connectivity index (χ3v) is 5.25. The molecule has 4 rings (SSSR count). The zero-order valence-electron chi connectivity index (χ0n) is 17.1. The van der Waals surface area contributed by atoms with Crippen molar-refractivity contribution >= 4 is 5.91 Å². The maximum absolute atomic E-state index is 13.3. The second-order valence-electron chi connectivity index (χ2n) is 7.37. The quantitative estimate of drug-likeness (QED) is 0.577. The van der Waals surface area contributed by atoms with Crippen LogP contribution in [0.2, 0.25) is 0 Å². The first-order valence-electron chi connectivity index (χ1n) is 10.4. The zero-order valence-corrected chi connectivity index (χ0v) is 17.1. The summed E-state index contributed by atoms with van der Waals surface area (Å²) >= 11 is 0. The molecule has 1 aliphatic heterocycles. The Morgan fingerprint density at radius 2 is 1.80 bits per heavy atom. The van der Waals surface area contributed by atoms with Crippen molar-refractivity contribution in [2.75, 3.05) is 39.4 Å². The van der Waals surface area contributed by atoms with Crippen LogP contribution in [0.3, 0.4) is 0 Å². The van der Waals surface area contributed by atoms with Crippen molar-refractivity contribution in [1.29, 1.82) is 0 Å². The maximum atomic E-state index is 13.3. The van der Waals surface area contributed by atoms with E-state index < -0.39 is 0 Å². The Kier molecular flexibility index (Phi) is 6.84. The number of aromatic nitrogens is 3. The highest BCUT2D eigenvalue weighted by Crippen LogP contribution is 2.12. The molecule has 1 fully saturated rings. The first kappa shape index (κ1) is 20.3. The van der Waals surface area contributed by atoms with E-state index in [1.165, 1.54) is 0 Å². The van der Waals surface area contributed by atoms with E-state index >= 15 is 0 Å². The minimum Gasteiger partial charge on any atom is -0.379 e. The molecule has 1 saturated heterocycles. The van der Waals surface area contributed by atoms with Gasteiger partial charge in [0.2, 0.25) is 0 Å². The van der Waals surface area contributed by atoms with E-state index in [1.807, 2.05) is 53.6 Å². The molecule has 0 N–H and O–H groups in total. The average molecular weight is 406 g/mol. The van der Waals surface area contributed by atoms with Crippen molar-refractivity contribution in [2.24, 2.45) is 0 Å². The predicted molar refractivity (Wildman–Crippen MR) is 114 cm³/mol. The van der Waals surface area contributed by atoms with Gasteiger partial charge in [-0.15, -0.1) is 0 Å². The Bertz CT molecular complexity index is 923. The SMILES string of the molecule is O=C(c1ccn(-c2ccccc2)n1)N(CCCN1CCOCC1)Cc1ccncc1. The minimum atomic E-state index is -0.0523. The third-order valence-electron chi connectivity index (χ3n) is 5.25. The van der Waals surface area contributed by atoms with Gasteiger partial charge in [-0.05, 0) is 42.3 Å². The van der Waals surface area contributed by atoms with Gasteiger partial charge < -0.3 is 9.64 Å². The second-order valence-corrected chi connectivity index (χ2v) is 7.37. The van der Waals surface area contributed by atoms with Crippen LogP contribution in [0.15, 0.2) is 67.1 Å². The van der Waals surface area contributed by atoms with Crippen LogP contribution < -0.4 is 0 Å². The number of pyridine rings is 1. The number of morpholine rings is 1. The molecule has 0 unspecified atom stereocenters. The summed E-state index contributed by atoms with van der Waals surface area (Å²) in [6.45, 7) is 5.67. The fourth-order valence-electron chi connectivity index (χ4n) is 3.60. The van der Waals surface area contributed by atoms with Crippen molar-refractivity contribution in [3.63, 3.8) is 0 Å². The number of carbonyl (C=O) groups is 1.